The lowest BCUT2D eigenvalue weighted by molar-refractivity contribution is -0.123. The maximum Gasteiger partial charge on any atom is 0.335 e. The Labute approximate surface area is 112 Å². The van der Waals surface area contributed by atoms with Crippen molar-refractivity contribution in [2.24, 2.45) is 11.7 Å². The normalized spacial score (nSPS) is 12.2. The summed E-state index contributed by atoms with van der Waals surface area (Å²) >= 11 is 0. The van der Waals surface area contributed by atoms with Gasteiger partial charge in [0.15, 0.2) is 0 Å². The molecule has 5 heteroatoms. The average Bonchev–Trinajstić information content (AvgIpc) is 2.37. The van der Waals surface area contributed by atoms with E-state index in [2.05, 4.69) is 5.32 Å². The fourth-order valence-corrected chi connectivity index (χ4v) is 1.69. The van der Waals surface area contributed by atoms with E-state index in [4.69, 9.17) is 10.8 Å². The smallest absolute Gasteiger partial charge is 0.335 e. The Morgan fingerprint density at radius 1 is 1.32 bits per heavy atom. The molecular weight excluding hydrogens is 244 g/mol. The van der Waals surface area contributed by atoms with Gasteiger partial charge in [-0.2, -0.15) is 0 Å². The average molecular weight is 264 g/mol. The first-order chi connectivity index (χ1) is 8.93. The fourth-order valence-electron chi connectivity index (χ4n) is 1.69. The van der Waals surface area contributed by atoms with E-state index in [9.17, 15) is 9.59 Å². The van der Waals surface area contributed by atoms with Crippen LogP contribution in [0.5, 0.6) is 0 Å². The molecule has 19 heavy (non-hydrogen) atoms. The van der Waals surface area contributed by atoms with Crippen molar-refractivity contribution >= 4 is 11.9 Å². The quantitative estimate of drug-likeness (QED) is 0.715. The minimum absolute atomic E-state index is 0.0753. The van der Waals surface area contributed by atoms with E-state index in [1.165, 1.54) is 0 Å². The van der Waals surface area contributed by atoms with Gasteiger partial charge in [0.25, 0.3) is 0 Å². The van der Waals surface area contributed by atoms with Crippen LogP contribution in [0.3, 0.4) is 0 Å². The molecule has 1 amide bonds. The number of carbonyl (C=O) groups excluding carboxylic acids is 1. The second-order valence-corrected chi connectivity index (χ2v) is 4.77. The first-order valence-electron chi connectivity index (χ1n) is 6.28. The second-order valence-electron chi connectivity index (χ2n) is 4.77. The molecule has 0 aliphatic rings. The molecule has 1 aromatic carbocycles. The van der Waals surface area contributed by atoms with Crippen LogP contribution in [0, 0.1) is 5.92 Å². The van der Waals surface area contributed by atoms with Crippen LogP contribution in [0.1, 0.15) is 29.8 Å². The van der Waals surface area contributed by atoms with E-state index in [0.29, 0.717) is 18.5 Å². The summed E-state index contributed by atoms with van der Waals surface area (Å²) in [5.74, 6) is -1.09. The van der Waals surface area contributed by atoms with Gasteiger partial charge in [-0.3, -0.25) is 4.79 Å². The molecule has 1 atom stereocenters. The number of nitrogens with one attached hydrogen (secondary N) is 1. The van der Waals surface area contributed by atoms with Gasteiger partial charge in [0.1, 0.15) is 0 Å². The monoisotopic (exact) mass is 264 g/mol. The van der Waals surface area contributed by atoms with Crippen molar-refractivity contribution in [2.45, 2.75) is 26.3 Å². The largest absolute Gasteiger partial charge is 0.478 e. The lowest BCUT2D eigenvalue weighted by Gasteiger charge is -2.15. The van der Waals surface area contributed by atoms with E-state index in [-0.39, 0.29) is 17.4 Å². The number of hydrogen-bond donors (Lipinski definition) is 3. The Hall–Kier alpha value is -1.88. The van der Waals surface area contributed by atoms with E-state index < -0.39 is 12.0 Å². The zero-order valence-electron chi connectivity index (χ0n) is 11.2. The van der Waals surface area contributed by atoms with Crippen LogP contribution < -0.4 is 11.1 Å². The Kier molecular flexibility index (Phi) is 5.51. The van der Waals surface area contributed by atoms with Crippen LogP contribution >= 0.6 is 0 Å². The van der Waals surface area contributed by atoms with E-state index >= 15 is 0 Å². The van der Waals surface area contributed by atoms with E-state index in [1.807, 2.05) is 13.8 Å². The molecule has 0 saturated carbocycles. The van der Waals surface area contributed by atoms with Gasteiger partial charge in [0.05, 0.1) is 11.6 Å². The first kappa shape index (κ1) is 15.2. The highest BCUT2D eigenvalue weighted by molar-refractivity contribution is 5.89. The van der Waals surface area contributed by atoms with Crippen molar-refractivity contribution in [2.75, 3.05) is 6.54 Å². The molecule has 0 bridgehead atoms. The van der Waals surface area contributed by atoms with Gasteiger partial charge in [-0.05, 0) is 24.0 Å². The van der Waals surface area contributed by atoms with Crippen LogP contribution in [0.15, 0.2) is 24.3 Å². The molecular formula is C14H20N2O3. The molecule has 0 aromatic heterocycles. The van der Waals surface area contributed by atoms with Gasteiger partial charge in [-0.1, -0.05) is 32.0 Å². The van der Waals surface area contributed by atoms with Gasteiger partial charge in [-0.15, -0.1) is 0 Å². The highest BCUT2D eigenvalue weighted by atomic mass is 16.4. The highest BCUT2D eigenvalue weighted by Crippen LogP contribution is 2.09. The molecule has 0 radical (unpaired) electrons. The zero-order chi connectivity index (χ0) is 14.4. The molecule has 1 aromatic rings. The zero-order valence-corrected chi connectivity index (χ0v) is 11.2. The molecule has 0 spiro atoms. The number of aromatic carboxylic acids is 1. The third-order valence-electron chi connectivity index (χ3n) is 2.96. The number of rotatable bonds is 6. The Bertz CT molecular complexity index is 458. The maximum absolute atomic E-state index is 11.6. The molecule has 4 N–H and O–H groups in total. The predicted molar refractivity (Wildman–Crippen MR) is 72.9 cm³/mol. The summed E-state index contributed by atoms with van der Waals surface area (Å²) < 4.78 is 0. The molecule has 0 fully saturated rings. The van der Waals surface area contributed by atoms with Crippen LogP contribution in [0.2, 0.25) is 0 Å². The summed E-state index contributed by atoms with van der Waals surface area (Å²) in [5.41, 5.74) is 6.68. The van der Waals surface area contributed by atoms with Gasteiger partial charge in [-0.25, -0.2) is 4.79 Å². The summed E-state index contributed by atoms with van der Waals surface area (Å²) in [4.78, 5) is 22.7. The summed E-state index contributed by atoms with van der Waals surface area (Å²) in [6, 6.07) is 6.23. The molecule has 1 rings (SSSR count). The molecule has 0 unspecified atom stereocenters. The van der Waals surface area contributed by atoms with Gasteiger partial charge >= 0.3 is 5.97 Å². The first-order valence-corrected chi connectivity index (χ1v) is 6.28. The van der Waals surface area contributed by atoms with Crippen molar-refractivity contribution in [3.63, 3.8) is 0 Å². The number of carboxylic acids is 1. The van der Waals surface area contributed by atoms with Crippen molar-refractivity contribution in [1.29, 1.82) is 0 Å². The van der Waals surface area contributed by atoms with Crippen LogP contribution in [-0.2, 0) is 11.2 Å². The fraction of sp³-hybridized carbons (Fsp3) is 0.429. The van der Waals surface area contributed by atoms with Gasteiger partial charge < -0.3 is 16.2 Å². The second kappa shape index (κ2) is 6.89. The number of nitrogens with two attached hydrogens (primary N) is 1. The Balaban J connectivity index is 2.54. The van der Waals surface area contributed by atoms with Crippen molar-refractivity contribution in [3.05, 3.63) is 35.4 Å². The molecule has 0 heterocycles. The molecule has 5 nitrogen and oxygen atoms in total. The predicted octanol–water partition coefficient (Wildman–Crippen LogP) is 1.03. The van der Waals surface area contributed by atoms with Crippen molar-refractivity contribution in [3.8, 4) is 0 Å². The van der Waals surface area contributed by atoms with E-state index in [1.54, 1.807) is 24.3 Å². The van der Waals surface area contributed by atoms with Crippen LogP contribution in [0.25, 0.3) is 0 Å². The van der Waals surface area contributed by atoms with Gasteiger partial charge in [0, 0.05) is 6.54 Å². The molecule has 0 aliphatic carbocycles. The Morgan fingerprint density at radius 2 is 1.95 bits per heavy atom. The summed E-state index contributed by atoms with van der Waals surface area (Å²) in [6.07, 6.45) is 0.471. The lowest BCUT2D eigenvalue weighted by Crippen LogP contribution is -2.44. The van der Waals surface area contributed by atoms with Crippen molar-refractivity contribution in [1.82, 2.24) is 5.32 Å². The third kappa shape index (κ3) is 4.37. The highest BCUT2D eigenvalue weighted by Gasteiger charge is 2.16. The topological polar surface area (TPSA) is 92.4 Å². The minimum atomic E-state index is -0.958. The van der Waals surface area contributed by atoms with Crippen LogP contribution in [0.4, 0.5) is 0 Å². The maximum atomic E-state index is 11.6. The number of carbonyl (C=O) groups is 2. The number of benzene rings is 1. The molecule has 0 aliphatic heterocycles. The number of amides is 1. The third-order valence-corrected chi connectivity index (χ3v) is 2.96. The number of hydrogen-bond acceptors (Lipinski definition) is 3. The minimum Gasteiger partial charge on any atom is -0.478 e. The Morgan fingerprint density at radius 3 is 2.53 bits per heavy atom. The lowest BCUT2D eigenvalue weighted by atomic mass is 10.0. The summed E-state index contributed by atoms with van der Waals surface area (Å²) in [6.45, 7) is 4.14. The van der Waals surface area contributed by atoms with E-state index in [0.717, 1.165) is 0 Å². The number of carboxylic acid groups (broad SMARTS) is 1. The molecule has 0 saturated heterocycles. The molecule has 104 valence electrons. The van der Waals surface area contributed by atoms with Gasteiger partial charge in [0.2, 0.25) is 5.91 Å². The SMILES string of the molecule is CC(C)[C@H](N)C(=O)NCCc1ccccc1C(=O)O. The van der Waals surface area contributed by atoms with Crippen molar-refractivity contribution < 1.29 is 14.7 Å². The summed E-state index contributed by atoms with van der Waals surface area (Å²) in [7, 11) is 0. The standard InChI is InChI=1S/C14H20N2O3/c1-9(2)12(15)13(17)16-8-7-10-5-3-4-6-11(10)14(18)19/h3-6,9,12H,7-8,15H2,1-2H3,(H,16,17)(H,18,19)/t12-/m0/s1. The summed E-state index contributed by atoms with van der Waals surface area (Å²) in [5, 5.41) is 11.7. The van der Waals surface area contributed by atoms with Crippen LogP contribution in [-0.4, -0.2) is 29.6 Å².